The van der Waals surface area contributed by atoms with Crippen LogP contribution in [0.15, 0.2) is 55.0 Å². The molecule has 3 aromatic rings. The fourth-order valence-corrected chi connectivity index (χ4v) is 3.25. The SMILES string of the molecule is c1ccc(-c2cc(NC3CCCCC3)nc(-c3cccnc3)n2)nc1. The van der Waals surface area contributed by atoms with Gasteiger partial charge in [0.25, 0.3) is 0 Å². The summed E-state index contributed by atoms with van der Waals surface area (Å²) >= 11 is 0. The maximum atomic E-state index is 4.73. The number of rotatable bonds is 4. The van der Waals surface area contributed by atoms with Crippen LogP contribution in [0.1, 0.15) is 32.1 Å². The molecule has 1 N–H and O–H groups in total. The van der Waals surface area contributed by atoms with Crippen LogP contribution in [0.5, 0.6) is 0 Å². The molecule has 1 fully saturated rings. The van der Waals surface area contributed by atoms with Gasteiger partial charge in [-0.1, -0.05) is 25.3 Å². The minimum Gasteiger partial charge on any atom is -0.367 e. The monoisotopic (exact) mass is 331 g/mol. The topological polar surface area (TPSA) is 63.6 Å². The molecule has 5 heteroatoms. The maximum Gasteiger partial charge on any atom is 0.163 e. The molecule has 0 aromatic carbocycles. The Balaban J connectivity index is 1.72. The lowest BCUT2D eigenvalue weighted by Crippen LogP contribution is -2.23. The van der Waals surface area contributed by atoms with Gasteiger partial charge in [-0.3, -0.25) is 9.97 Å². The molecule has 0 spiro atoms. The van der Waals surface area contributed by atoms with Crippen molar-refractivity contribution < 1.29 is 0 Å². The van der Waals surface area contributed by atoms with Gasteiger partial charge in [0.15, 0.2) is 5.82 Å². The Kier molecular flexibility index (Phi) is 4.63. The Morgan fingerprint density at radius 1 is 0.880 bits per heavy atom. The minimum atomic E-state index is 0.488. The molecule has 0 amide bonds. The lowest BCUT2D eigenvalue weighted by molar-refractivity contribution is 0.462. The Morgan fingerprint density at radius 2 is 1.80 bits per heavy atom. The van der Waals surface area contributed by atoms with Crippen LogP contribution in [0, 0.1) is 0 Å². The van der Waals surface area contributed by atoms with E-state index in [0.717, 1.165) is 22.8 Å². The van der Waals surface area contributed by atoms with Crippen molar-refractivity contribution in [3.05, 3.63) is 55.0 Å². The van der Waals surface area contributed by atoms with Crippen molar-refractivity contribution in [2.75, 3.05) is 5.32 Å². The van der Waals surface area contributed by atoms with Crippen molar-refractivity contribution in [3.63, 3.8) is 0 Å². The van der Waals surface area contributed by atoms with E-state index in [1.165, 1.54) is 32.1 Å². The van der Waals surface area contributed by atoms with Crippen LogP contribution in [-0.4, -0.2) is 26.0 Å². The van der Waals surface area contributed by atoms with Crippen LogP contribution < -0.4 is 5.32 Å². The van der Waals surface area contributed by atoms with Gasteiger partial charge in [0.1, 0.15) is 5.82 Å². The summed E-state index contributed by atoms with van der Waals surface area (Å²) in [6.07, 6.45) is 11.6. The Labute approximate surface area is 147 Å². The van der Waals surface area contributed by atoms with Crippen LogP contribution in [0.3, 0.4) is 0 Å². The lowest BCUT2D eigenvalue weighted by atomic mass is 9.95. The molecular weight excluding hydrogens is 310 g/mol. The zero-order valence-corrected chi connectivity index (χ0v) is 14.1. The average molecular weight is 331 g/mol. The predicted molar refractivity (Wildman–Crippen MR) is 99.0 cm³/mol. The highest BCUT2D eigenvalue weighted by Crippen LogP contribution is 2.25. The van der Waals surface area contributed by atoms with Crippen molar-refractivity contribution >= 4 is 5.82 Å². The fraction of sp³-hybridized carbons (Fsp3) is 0.300. The van der Waals surface area contributed by atoms with E-state index in [1.807, 2.05) is 36.4 Å². The summed E-state index contributed by atoms with van der Waals surface area (Å²) in [5.74, 6) is 1.54. The second-order valence-electron chi connectivity index (χ2n) is 6.40. The molecule has 1 saturated carbocycles. The Bertz CT molecular complexity index is 756. The van der Waals surface area contributed by atoms with E-state index in [2.05, 4.69) is 15.3 Å². The highest BCUT2D eigenvalue weighted by atomic mass is 15.1. The zero-order chi connectivity index (χ0) is 16.9. The van der Waals surface area contributed by atoms with Crippen LogP contribution in [0.2, 0.25) is 0 Å². The van der Waals surface area contributed by atoms with Crippen LogP contribution in [0.25, 0.3) is 22.8 Å². The molecule has 0 aliphatic heterocycles. The molecule has 1 aliphatic carbocycles. The van der Waals surface area contributed by atoms with Crippen LogP contribution in [-0.2, 0) is 0 Å². The largest absolute Gasteiger partial charge is 0.367 e. The van der Waals surface area contributed by atoms with Gasteiger partial charge >= 0.3 is 0 Å². The first-order valence-corrected chi connectivity index (χ1v) is 8.86. The van der Waals surface area contributed by atoms with Gasteiger partial charge < -0.3 is 5.32 Å². The second kappa shape index (κ2) is 7.38. The molecule has 0 atom stereocenters. The highest BCUT2D eigenvalue weighted by Gasteiger charge is 2.16. The zero-order valence-electron chi connectivity index (χ0n) is 14.1. The van der Waals surface area contributed by atoms with Crippen molar-refractivity contribution in [3.8, 4) is 22.8 Å². The maximum absolute atomic E-state index is 4.73. The summed E-state index contributed by atoms with van der Waals surface area (Å²) in [7, 11) is 0. The van der Waals surface area contributed by atoms with Crippen molar-refractivity contribution in [1.82, 2.24) is 19.9 Å². The van der Waals surface area contributed by atoms with Gasteiger partial charge in [0.2, 0.25) is 0 Å². The number of anilines is 1. The molecule has 3 aromatic heterocycles. The van der Waals surface area contributed by atoms with Crippen molar-refractivity contribution in [1.29, 1.82) is 0 Å². The molecule has 3 heterocycles. The number of aromatic nitrogens is 4. The summed E-state index contributed by atoms with van der Waals surface area (Å²) < 4.78 is 0. The molecule has 25 heavy (non-hydrogen) atoms. The summed E-state index contributed by atoms with van der Waals surface area (Å²) in [5.41, 5.74) is 2.58. The Hall–Kier alpha value is -2.82. The van der Waals surface area contributed by atoms with Gasteiger partial charge in [0.05, 0.1) is 11.4 Å². The first-order valence-electron chi connectivity index (χ1n) is 8.86. The molecule has 4 rings (SSSR count). The third-order valence-corrected chi connectivity index (χ3v) is 4.53. The highest BCUT2D eigenvalue weighted by molar-refractivity contribution is 5.65. The van der Waals surface area contributed by atoms with E-state index in [4.69, 9.17) is 9.97 Å². The number of hydrogen-bond acceptors (Lipinski definition) is 5. The van der Waals surface area contributed by atoms with Gasteiger partial charge in [-0.15, -0.1) is 0 Å². The number of pyridine rings is 2. The molecule has 5 nitrogen and oxygen atoms in total. The summed E-state index contributed by atoms with van der Waals surface area (Å²) in [6, 6.07) is 12.2. The Morgan fingerprint density at radius 3 is 2.56 bits per heavy atom. The van der Waals surface area contributed by atoms with Crippen molar-refractivity contribution in [2.24, 2.45) is 0 Å². The third kappa shape index (κ3) is 3.82. The number of hydrogen-bond donors (Lipinski definition) is 1. The molecule has 0 unspecified atom stereocenters. The minimum absolute atomic E-state index is 0.488. The molecule has 0 bridgehead atoms. The van der Waals surface area contributed by atoms with E-state index >= 15 is 0 Å². The number of nitrogens with one attached hydrogen (secondary N) is 1. The van der Waals surface area contributed by atoms with Gasteiger partial charge in [-0.25, -0.2) is 9.97 Å². The van der Waals surface area contributed by atoms with Crippen LogP contribution >= 0.6 is 0 Å². The lowest BCUT2D eigenvalue weighted by Gasteiger charge is -2.23. The fourth-order valence-electron chi connectivity index (χ4n) is 3.25. The smallest absolute Gasteiger partial charge is 0.163 e. The van der Waals surface area contributed by atoms with E-state index in [9.17, 15) is 0 Å². The summed E-state index contributed by atoms with van der Waals surface area (Å²) in [5, 5.41) is 3.60. The van der Waals surface area contributed by atoms with Gasteiger partial charge in [-0.05, 0) is 37.1 Å². The first kappa shape index (κ1) is 15.7. The normalized spacial score (nSPS) is 15.0. The molecular formula is C20H21N5. The molecule has 0 saturated heterocycles. The first-order chi connectivity index (χ1) is 12.4. The quantitative estimate of drug-likeness (QED) is 0.770. The molecule has 1 aliphatic rings. The standard InChI is InChI=1S/C20H21N5/c1-2-8-16(9-3-1)23-19-13-18(17-10-4-5-12-22-17)24-20(25-19)15-7-6-11-21-14-15/h4-7,10-14,16H,1-3,8-9H2,(H,23,24,25). The summed E-state index contributed by atoms with van der Waals surface area (Å²) in [6.45, 7) is 0. The van der Waals surface area contributed by atoms with E-state index in [-0.39, 0.29) is 0 Å². The van der Waals surface area contributed by atoms with Crippen molar-refractivity contribution in [2.45, 2.75) is 38.1 Å². The molecule has 0 radical (unpaired) electrons. The number of nitrogens with zero attached hydrogens (tertiary/aromatic N) is 4. The predicted octanol–water partition coefficient (Wildman–Crippen LogP) is 4.35. The summed E-state index contributed by atoms with van der Waals surface area (Å²) in [4.78, 5) is 18.1. The van der Waals surface area contributed by atoms with Gasteiger partial charge in [0, 0.05) is 36.3 Å². The van der Waals surface area contributed by atoms with Gasteiger partial charge in [-0.2, -0.15) is 0 Å². The third-order valence-electron chi connectivity index (χ3n) is 4.53. The van der Waals surface area contributed by atoms with E-state index in [0.29, 0.717) is 11.9 Å². The van der Waals surface area contributed by atoms with E-state index < -0.39 is 0 Å². The second-order valence-corrected chi connectivity index (χ2v) is 6.40. The average Bonchev–Trinajstić information content (AvgIpc) is 2.70. The van der Waals surface area contributed by atoms with Crippen LogP contribution in [0.4, 0.5) is 5.82 Å². The van der Waals surface area contributed by atoms with E-state index in [1.54, 1.807) is 18.6 Å². The molecule has 126 valence electrons.